The molecule has 0 unspecified atom stereocenters. The first-order chi connectivity index (χ1) is 10.1. The first-order valence-electron chi connectivity index (χ1n) is 7.32. The summed E-state index contributed by atoms with van der Waals surface area (Å²) in [7, 11) is 2.08. The van der Waals surface area contributed by atoms with E-state index >= 15 is 0 Å². The number of hydrogen-bond acceptors (Lipinski definition) is 6. The summed E-state index contributed by atoms with van der Waals surface area (Å²) in [5.41, 5.74) is 6.15. The topological polar surface area (TPSA) is 101 Å². The predicted molar refractivity (Wildman–Crippen MR) is 77.2 cm³/mol. The van der Waals surface area contributed by atoms with E-state index in [9.17, 15) is 9.90 Å². The smallest absolute Gasteiger partial charge is 0.244 e. The molecule has 8 heteroatoms. The van der Waals surface area contributed by atoms with E-state index in [-0.39, 0.29) is 25.1 Å². The van der Waals surface area contributed by atoms with Gasteiger partial charge in [0.1, 0.15) is 6.54 Å². The fourth-order valence-electron chi connectivity index (χ4n) is 2.66. The van der Waals surface area contributed by atoms with Crippen molar-refractivity contribution in [3.63, 3.8) is 0 Å². The van der Waals surface area contributed by atoms with Gasteiger partial charge in [0.15, 0.2) is 0 Å². The highest BCUT2D eigenvalue weighted by Crippen LogP contribution is 2.16. The number of aromatic nitrogens is 3. The standard InChI is InChI=1S/C13H24N6O2/c1-17-4-2-12(3-5-17)19(6-7-20)13(21)10-18-9-11(8-14)15-16-18/h9,12,20H,2-8,10,14H2,1H3. The summed E-state index contributed by atoms with van der Waals surface area (Å²) in [4.78, 5) is 16.5. The Morgan fingerprint density at radius 1 is 1.52 bits per heavy atom. The van der Waals surface area contributed by atoms with Crippen LogP contribution in [0.1, 0.15) is 18.5 Å². The fourth-order valence-corrected chi connectivity index (χ4v) is 2.66. The number of piperidine rings is 1. The Morgan fingerprint density at radius 3 is 2.81 bits per heavy atom. The molecule has 2 heterocycles. The highest BCUT2D eigenvalue weighted by Gasteiger charge is 2.26. The van der Waals surface area contributed by atoms with Gasteiger partial charge in [-0.2, -0.15) is 0 Å². The van der Waals surface area contributed by atoms with Crippen LogP contribution in [0.25, 0.3) is 0 Å². The van der Waals surface area contributed by atoms with Crippen molar-refractivity contribution in [3.8, 4) is 0 Å². The molecule has 1 amide bonds. The van der Waals surface area contributed by atoms with Gasteiger partial charge in [0.05, 0.1) is 18.5 Å². The molecule has 1 aromatic rings. The monoisotopic (exact) mass is 296 g/mol. The predicted octanol–water partition coefficient (Wildman–Crippen LogP) is -1.35. The lowest BCUT2D eigenvalue weighted by Gasteiger charge is -2.37. The number of nitrogens with two attached hydrogens (primary N) is 1. The van der Waals surface area contributed by atoms with Gasteiger partial charge < -0.3 is 20.6 Å². The van der Waals surface area contributed by atoms with E-state index < -0.39 is 0 Å². The summed E-state index contributed by atoms with van der Waals surface area (Å²) in [5.74, 6) is -0.0351. The second-order valence-electron chi connectivity index (χ2n) is 5.46. The molecular formula is C13H24N6O2. The van der Waals surface area contributed by atoms with Crippen LogP contribution in [0.4, 0.5) is 0 Å². The van der Waals surface area contributed by atoms with Crippen molar-refractivity contribution in [2.45, 2.75) is 32.0 Å². The minimum atomic E-state index is -0.0351. The van der Waals surface area contributed by atoms with Crippen LogP contribution >= 0.6 is 0 Å². The summed E-state index contributed by atoms with van der Waals surface area (Å²) in [5, 5.41) is 17.0. The molecule has 0 atom stereocenters. The second-order valence-corrected chi connectivity index (χ2v) is 5.46. The third-order valence-electron chi connectivity index (χ3n) is 3.88. The fraction of sp³-hybridized carbons (Fsp3) is 0.769. The van der Waals surface area contributed by atoms with Crippen LogP contribution in [0, 0.1) is 0 Å². The van der Waals surface area contributed by atoms with E-state index in [2.05, 4.69) is 22.3 Å². The van der Waals surface area contributed by atoms with E-state index in [1.807, 2.05) is 0 Å². The van der Waals surface area contributed by atoms with Gasteiger partial charge in [-0.05, 0) is 33.0 Å². The molecule has 1 saturated heterocycles. The molecule has 1 aromatic heterocycles. The molecule has 1 aliphatic heterocycles. The summed E-state index contributed by atoms with van der Waals surface area (Å²) >= 11 is 0. The summed E-state index contributed by atoms with van der Waals surface area (Å²) < 4.78 is 1.50. The number of hydrogen-bond donors (Lipinski definition) is 2. The van der Waals surface area contributed by atoms with E-state index in [0.717, 1.165) is 25.9 Å². The Bertz CT molecular complexity index is 455. The normalized spacial score (nSPS) is 17.1. The lowest BCUT2D eigenvalue weighted by Crippen LogP contribution is -2.48. The van der Waals surface area contributed by atoms with Crippen LogP contribution in [-0.2, 0) is 17.9 Å². The number of carbonyl (C=O) groups excluding carboxylic acids is 1. The number of likely N-dealkylation sites (tertiary alicyclic amines) is 1. The molecule has 2 rings (SSSR count). The largest absolute Gasteiger partial charge is 0.395 e. The zero-order valence-electron chi connectivity index (χ0n) is 12.5. The Hall–Kier alpha value is -1.51. The van der Waals surface area contributed by atoms with Gasteiger partial charge in [-0.1, -0.05) is 5.21 Å². The zero-order chi connectivity index (χ0) is 15.2. The average Bonchev–Trinajstić information content (AvgIpc) is 2.93. The van der Waals surface area contributed by atoms with Gasteiger partial charge >= 0.3 is 0 Å². The maximum Gasteiger partial charge on any atom is 0.244 e. The molecule has 118 valence electrons. The van der Waals surface area contributed by atoms with Crippen LogP contribution in [0.3, 0.4) is 0 Å². The number of carbonyl (C=O) groups is 1. The molecule has 21 heavy (non-hydrogen) atoms. The lowest BCUT2D eigenvalue weighted by molar-refractivity contribution is -0.136. The highest BCUT2D eigenvalue weighted by molar-refractivity contribution is 5.76. The van der Waals surface area contributed by atoms with Crippen LogP contribution in [0.2, 0.25) is 0 Å². The van der Waals surface area contributed by atoms with E-state index in [0.29, 0.717) is 18.8 Å². The Morgan fingerprint density at radius 2 is 2.24 bits per heavy atom. The zero-order valence-corrected chi connectivity index (χ0v) is 12.5. The van der Waals surface area contributed by atoms with Crippen molar-refractivity contribution in [2.24, 2.45) is 5.73 Å². The summed E-state index contributed by atoms with van der Waals surface area (Å²) in [6.45, 7) is 2.74. The van der Waals surface area contributed by atoms with E-state index in [4.69, 9.17) is 5.73 Å². The molecule has 8 nitrogen and oxygen atoms in total. The Labute approximate surface area is 124 Å². The van der Waals surface area contributed by atoms with Gasteiger partial charge in [-0.3, -0.25) is 4.79 Å². The second kappa shape index (κ2) is 7.48. The lowest BCUT2D eigenvalue weighted by atomic mass is 10.0. The molecule has 0 bridgehead atoms. The van der Waals surface area contributed by atoms with Crippen molar-refractivity contribution < 1.29 is 9.90 Å². The maximum atomic E-state index is 12.5. The molecule has 1 aliphatic rings. The molecule has 0 saturated carbocycles. The number of nitrogens with zero attached hydrogens (tertiary/aromatic N) is 5. The quantitative estimate of drug-likeness (QED) is 0.673. The first-order valence-corrected chi connectivity index (χ1v) is 7.32. The van der Waals surface area contributed by atoms with Gasteiger partial charge in [0.2, 0.25) is 5.91 Å². The third kappa shape index (κ3) is 4.23. The van der Waals surface area contributed by atoms with Crippen molar-refractivity contribution in [3.05, 3.63) is 11.9 Å². The molecule has 0 radical (unpaired) electrons. The number of aliphatic hydroxyl groups is 1. The van der Waals surface area contributed by atoms with Crippen molar-refractivity contribution in [2.75, 3.05) is 33.3 Å². The molecule has 0 aromatic carbocycles. The van der Waals surface area contributed by atoms with Crippen LogP contribution in [0.15, 0.2) is 6.20 Å². The van der Waals surface area contributed by atoms with Gasteiger partial charge in [-0.15, -0.1) is 5.10 Å². The van der Waals surface area contributed by atoms with E-state index in [1.54, 1.807) is 11.1 Å². The van der Waals surface area contributed by atoms with Crippen molar-refractivity contribution in [1.82, 2.24) is 24.8 Å². The minimum Gasteiger partial charge on any atom is -0.395 e. The molecule has 0 aliphatic carbocycles. The Balaban J connectivity index is 1.97. The number of aliphatic hydroxyl groups excluding tert-OH is 1. The van der Waals surface area contributed by atoms with Gasteiger partial charge in [-0.25, -0.2) is 4.68 Å². The maximum absolute atomic E-state index is 12.5. The average molecular weight is 296 g/mol. The molecule has 3 N–H and O–H groups in total. The Kier molecular flexibility index (Phi) is 5.66. The molecule has 1 fully saturated rings. The number of rotatable bonds is 6. The number of amides is 1. The summed E-state index contributed by atoms with van der Waals surface area (Å²) in [6.07, 6.45) is 3.56. The van der Waals surface area contributed by atoms with Crippen LogP contribution in [0.5, 0.6) is 0 Å². The summed E-state index contributed by atoms with van der Waals surface area (Å²) in [6, 6.07) is 0.193. The minimum absolute atomic E-state index is 0.0243. The van der Waals surface area contributed by atoms with E-state index in [1.165, 1.54) is 4.68 Å². The van der Waals surface area contributed by atoms with Crippen molar-refractivity contribution in [1.29, 1.82) is 0 Å². The van der Waals surface area contributed by atoms with Gasteiger partial charge in [0, 0.05) is 19.1 Å². The highest BCUT2D eigenvalue weighted by atomic mass is 16.3. The van der Waals surface area contributed by atoms with Crippen LogP contribution < -0.4 is 5.73 Å². The molecular weight excluding hydrogens is 272 g/mol. The van der Waals surface area contributed by atoms with Crippen LogP contribution in [-0.4, -0.2) is 75.1 Å². The van der Waals surface area contributed by atoms with Gasteiger partial charge in [0.25, 0.3) is 0 Å². The molecule has 0 spiro atoms. The first kappa shape index (κ1) is 15.9. The van der Waals surface area contributed by atoms with Crippen molar-refractivity contribution >= 4 is 5.91 Å². The SMILES string of the molecule is CN1CCC(N(CCO)C(=O)Cn2cc(CN)nn2)CC1. The third-order valence-corrected chi connectivity index (χ3v) is 3.88.